The summed E-state index contributed by atoms with van der Waals surface area (Å²) in [5.41, 5.74) is 1.38. The van der Waals surface area contributed by atoms with Gasteiger partial charge in [0.05, 0.1) is 37.1 Å². The van der Waals surface area contributed by atoms with Crippen molar-refractivity contribution < 1.29 is 13.9 Å². The van der Waals surface area contributed by atoms with Crippen LogP contribution in [0.1, 0.15) is 44.2 Å². The Morgan fingerprint density at radius 3 is 3.00 bits per heavy atom. The molecule has 2 aliphatic rings. The number of amides is 1. The van der Waals surface area contributed by atoms with Crippen molar-refractivity contribution in [1.29, 1.82) is 0 Å². The first-order valence-electron chi connectivity index (χ1n) is 9.37. The standard InChI is InChI=1S/C20H26N4O3/c1-19(2,3)17(25)24-7-6-20(12-24)13-26-11-14-9-21-18(23-16(14)20)22-10-15-5-4-8-27-15/h4-5,8-9H,6-7,10-13H2,1-3H3,(H,21,22,23). The quantitative estimate of drug-likeness (QED) is 0.895. The number of furan rings is 1. The van der Waals surface area contributed by atoms with E-state index >= 15 is 0 Å². The number of carbonyl (C=O) groups is 1. The number of hydrogen-bond donors (Lipinski definition) is 1. The molecule has 0 saturated carbocycles. The van der Waals surface area contributed by atoms with Gasteiger partial charge in [0.2, 0.25) is 11.9 Å². The fourth-order valence-corrected chi connectivity index (χ4v) is 3.89. The second-order valence-electron chi connectivity index (χ2n) is 8.50. The molecule has 2 aromatic rings. The Labute approximate surface area is 159 Å². The molecule has 144 valence electrons. The molecule has 1 unspecified atom stereocenters. The first-order chi connectivity index (χ1) is 12.9. The number of carbonyl (C=O) groups excluding carboxylic acids is 1. The van der Waals surface area contributed by atoms with E-state index in [1.807, 2.05) is 44.0 Å². The molecule has 1 saturated heterocycles. The smallest absolute Gasteiger partial charge is 0.227 e. The number of likely N-dealkylation sites (tertiary alicyclic amines) is 1. The van der Waals surface area contributed by atoms with Gasteiger partial charge < -0.3 is 19.4 Å². The molecule has 0 aromatic carbocycles. The number of hydrogen-bond acceptors (Lipinski definition) is 6. The highest BCUT2D eigenvalue weighted by Gasteiger charge is 2.47. The summed E-state index contributed by atoms with van der Waals surface area (Å²) in [6.45, 7) is 8.90. The monoisotopic (exact) mass is 370 g/mol. The van der Waals surface area contributed by atoms with E-state index in [0.717, 1.165) is 30.0 Å². The third-order valence-corrected chi connectivity index (χ3v) is 5.29. The Morgan fingerprint density at radius 1 is 1.41 bits per heavy atom. The van der Waals surface area contributed by atoms with Crippen molar-refractivity contribution in [2.24, 2.45) is 5.41 Å². The highest BCUT2D eigenvalue weighted by atomic mass is 16.5. The molecule has 2 aliphatic heterocycles. The van der Waals surface area contributed by atoms with E-state index in [2.05, 4.69) is 10.3 Å². The van der Waals surface area contributed by atoms with Gasteiger partial charge in [-0.2, -0.15) is 0 Å². The lowest BCUT2D eigenvalue weighted by atomic mass is 9.80. The molecule has 1 spiro atoms. The lowest BCUT2D eigenvalue weighted by Crippen LogP contribution is -2.44. The van der Waals surface area contributed by atoms with Crippen molar-refractivity contribution in [2.45, 2.75) is 45.8 Å². The number of aromatic nitrogens is 2. The summed E-state index contributed by atoms with van der Waals surface area (Å²) in [6.07, 6.45) is 4.34. The van der Waals surface area contributed by atoms with Crippen LogP contribution in [0.15, 0.2) is 29.0 Å². The number of anilines is 1. The van der Waals surface area contributed by atoms with Crippen molar-refractivity contribution in [1.82, 2.24) is 14.9 Å². The van der Waals surface area contributed by atoms with E-state index in [1.165, 1.54) is 0 Å². The van der Waals surface area contributed by atoms with Gasteiger partial charge in [-0.3, -0.25) is 4.79 Å². The average molecular weight is 370 g/mol. The van der Waals surface area contributed by atoms with Crippen LogP contribution in [0.2, 0.25) is 0 Å². The predicted molar refractivity (Wildman–Crippen MR) is 100 cm³/mol. The molecule has 4 rings (SSSR count). The molecular weight excluding hydrogens is 344 g/mol. The van der Waals surface area contributed by atoms with E-state index in [0.29, 0.717) is 32.3 Å². The molecule has 1 atom stereocenters. The highest BCUT2D eigenvalue weighted by molar-refractivity contribution is 5.82. The summed E-state index contributed by atoms with van der Waals surface area (Å²) in [5.74, 6) is 1.58. The van der Waals surface area contributed by atoms with Crippen molar-refractivity contribution in [3.05, 3.63) is 41.6 Å². The van der Waals surface area contributed by atoms with Crippen LogP contribution in [-0.2, 0) is 28.1 Å². The molecule has 7 heteroatoms. The molecule has 27 heavy (non-hydrogen) atoms. The van der Waals surface area contributed by atoms with E-state index in [-0.39, 0.29) is 16.7 Å². The fraction of sp³-hybridized carbons (Fsp3) is 0.550. The zero-order chi connectivity index (χ0) is 19.1. The zero-order valence-electron chi connectivity index (χ0n) is 16.1. The number of nitrogens with one attached hydrogen (secondary N) is 1. The van der Waals surface area contributed by atoms with Crippen LogP contribution in [0.25, 0.3) is 0 Å². The van der Waals surface area contributed by atoms with Crippen LogP contribution in [0.4, 0.5) is 5.95 Å². The molecule has 1 fully saturated rings. The van der Waals surface area contributed by atoms with Gasteiger partial charge in [-0.05, 0) is 18.6 Å². The lowest BCUT2D eigenvalue weighted by molar-refractivity contribution is -0.138. The van der Waals surface area contributed by atoms with Gasteiger partial charge in [0.15, 0.2) is 0 Å². The minimum absolute atomic E-state index is 0.178. The van der Waals surface area contributed by atoms with Crippen molar-refractivity contribution >= 4 is 11.9 Å². The molecule has 4 heterocycles. The number of rotatable bonds is 3. The van der Waals surface area contributed by atoms with Gasteiger partial charge >= 0.3 is 0 Å². The summed E-state index contributed by atoms with van der Waals surface area (Å²) in [4.78, 5) is 23.9. The molecule has 1 N–H and O–H groups in total. The van der Waals surface area contributed by atoms with Crippen molar-refractivity contribution in [2.75, 3.05) is 25.0 Å². The molecule has 0 bridgehead atoms. The van der Waals surface area contributed by atoms with Crippen LogP contribution >= 0.6 is 0 Å². The Hall–Kier alpha value is -2.41. The maximum Gasteiger partial charge on any atom is 0.227 e. The molecular formula is C20H26N4O3. The topological polar surface area (TPSA) is 80.5 Å². The van der Waals surface area contributed by atoms with Gasteiger partial charge in [0.25, 0.3) is 0 Å². The third-order valence-electron chi connectivity index (χ3n) is 5.29. The largest absolute Gasteiger partial charge is 0.467 e. The number of ether oxygens (including phenoxy) is 1. The van der Waals surface area contributed by atoms with E-state index in [9.17, 15) is 4.79 Å². The SMILES string of the molecule is CC(C)(C)C(=O)N1CCC2(COCc3cnc(NCc4ccco4)nc32)C1. The van der Waals surface area contributed by atoms with E-state index in [4.69, 9.17) is 14.1 Å². The molecule has 7 nitrogen and oxygen atoms in total. The van der Waals surface area contributed by atoms with E-state index in [1.54, 1.807) is 6.26 Å². The minimum atomic E-state index is -0.384. The van der Waals surface area contributed by atoms with Crippen LogP contribution in [0.5, 0.6) is 0 Å². The van der Waals surface area contributed by atoms with Gasteiger partial charge in [0.1, 0.15) is 5.76 Å². The summed E-state index contributed by atoms with van der Waals surface area (Å²) < 4.78 is 11.2. The molecule has 0 aliphatic carbocycles. The number of nitrogens with zero attached hydrogens (tertiary/aromatic N) is 3. The second kappa shape index (κ2) is 6.64. The van der Waals surface area contributed by atoms with Gasteiger partial charge in [-0.25, -0.2) is 9.97 Å². The molecule has 2 aromatic heterocycles. The Balaban J connectivity index is 1.57. The summed E-state index contributed by atoms with van der Waals surface area (Å²) in [7, 11) is 0. The summed E-state index contributed by atoms with van der Waals surface area (Å²) in [6, 6.07) is 3.77. The summed E-state index contributed by atoms with van der Waals surface area (Å²) in [5, 5.41) is 3.22. The van der Waals surface area contributed by atoms with Crippen molar-refractivity contribution in [3.8, 4) is 0 Å². The van der Waals surface area contributed by atoms with Gasteiger partial charge in [-0.1, -0.05) is 20.8 Å². The normalized spacial score (nSPS) is 22.1. The lowest BCUT2D eigenvalue weighted by Gasteiger charge is -2.35. The first-order valence-corrected chi connectivity index (χ1v) is 9.37. The fourth-order valence-electron chi connectivity index (χ4n) is 3.89. The molecule has 1 amide bonds. The zero-order valence-corrected chi connectivity index (χ0v) is 16.1. The van der Waals surface area contributed by atoms with E-state index < -0.39 is 0 Å². The maximum atomic E-state index is 12.7. The highest BCUT2D eigenvalue weighted by Crippen LogP contribution is 2.40. The third kappa shape index (κ3) is 3.43. The van der Waals surface area contributed by atoms with Crippen LogP contribution in [0.3, 0.4) is 0 Å². The number of fused-ring (bicyclic) bond motifs is 2. The van der Waals surface area contributed by atoms with Crippen LogP contribution < -0.4 is 5.32 Å². The predicted octanol–water partition coefficient (Wildman–Crippen LogP) is 2.73. The Kier molecular flexibility index (Phi) is 4.42. The Bertz CT molecular complexity index is 828. The summed E-state index contributed by atoms with van der Waals surface area (Å²) >= 11 is 0. The van der Waals surface area contributed by atoms with Gasteiger partial charge in [-0.15, -0.1) is 0 Å². The van der Waals surface area contributed by atoms with Crippen molar-refractivity contribution in [3.63, 3.8) is 0 Å². The first kappa shape index (κ1) is 18.0. The van der Waals surface area contributed by atoms with Crippen LogP contribution in [-0.4, -0.2) is 40.5 Å². The Morgan fingerprint density at radius 2 is 2.26 bits per heavy atom. The molecule has 0 radical (unpaired) electrons. The van der Waals surface area contributed by atoms with Gasteiger partial charge in [0, 0.05) is 30.3 Å². The second-order valence-corrected chi connectivity index (χ2v) is 8.50. The maximum absolute atomic E-state index is 12.7. The minimum Gasteiger partial charge on any atom is -0.467 e. The average Bonchev–Trinajstić information content (AvgIpc) is 3.30. The van der Waals surface area contributed by atoms with Crippen LogP contribution in [0, 0.1) is 5.41 Å².